The number of nitrogens with one attached hydrogen (secondary N) is 1. The molecule has 0 aliphatic carbocycles. The Balaban J connectivity index is 0.000000245. The lowest BCUT2D eigenvalue weighted by molar-refractivity contribution is 0.275. The SMILES string of the molecule is C1=Cc2ccccc2NN=C1.O=C(Cl)Cl. The standard InChI is InChI=1S/C9H8N2.CCl2O/c1-2-6-9-8(4-1)5-3-7-10-11-9;2-1(3)4/h1-7,11H;. The number of hydrogen-bond donors (Lipinski definition) is 1. The third kappa shape index (κ3) is 4.63. The van der Waals surface area contributed by atoms with Crippen molar-refractivity contribution in [2.45, 2.75) is 0 Å². The van der Waals surface area contributed by atoms with Crippen LogP contribution in [0.1, 0.15) is 5.56 Å². The van der Waals surface area contributed by atoms with Crippen LogP contribution in [0.25, 0.3) is 6.08 Å². The molecule has 0 saturated heterocycles. The molecule has 3 nitrogen and oxygen atoms in total. The summed E-state index contributed by atoms with van der Waals surface area (Å²) in [4.78, 5) is 8.98. The van der Waals surface area contributed by atoms with E-state index >= 15 is 0 Å². The number of allylic oxidation sites excluding steroid dienone is 1. The van der Waals surface area contributed by atoms with Crippen molar-refractivity contribution in [1.82, 2.24) is 0 Å². The Labute approximate surface area is 97.4 Å². The number of nitrogens with zero attached hydrogens (tertiary/aromatic N) is 1. The van der Waals surface area contributed by atoms with E-state index in [1.807, 2.05) is 36.4 Å². The highest BCUT2D eigenvalue weighted by molar-refractivity contribution is 6.93. The number of carbonyl (C=O) groups excluding carboxylic acids is 1. The second-order valence-electron chi connectivity index (χ2n) is 2.56. The fourth-order valence-electron chi connectivity index (χ4n) is 1.04. The zero-order chi connectivity index (χ0) is 11.1. The van der Waals surface area contributed by atoms with E-state index in [0.29, 0.717) is 0 Å². The maximum absolute atomic E-state index is 8.98. The molecule has 78 valence electrons. The van der Waals surface area contributed by atoms with Gasteiger partial charge < -0.3 is 0 Å². The molecule has 1 aromatic rings. The monoisotopic (exact) mass is 242 g/mol. The molecular formula is C10H8Cl2N2O. The summed E-state index contributed by atoms with van der Waals surface area (Å²) in [6.07, 6.45) is 5.68. The molecule has 0 aromatic heterocycles. The molecule has 1 aliphatic heterocycles. The quantitative estimate of drug-likeness (QED) is 0.706. The van der Waals surface area contributed by atoms with Crippen LogP contribution in [0.15, 0.2) is 35.4 Å². The number of anilines is 1. The number of para-hydroxylation sites is 1. The largest absolute Gasteiger partial charge is 0.313 e. The third-order valence-electron chi connectivity index (χ3n) is 1.58. The van der Waals surface area contributed by atoms with Crippen molar-refractivity contribution in [2.75, 3.05) is 5.43 Å². The smallest absolute Gasteiger partial charge is 0.278 e. The van der Waals surface area contributed by atoms with Gasteiger partial charge in [-0.05, 0) is 40.9 Å². The Morgan fingerprint density at radius 2 is 1.93 bits per heavy atom. The van der Waals surface area contributed by atoms with E-state index in [9.17, 15) is 0 Å². The molecule has 1 heterocycles. The molecule has 0 bridgehead atoms. The Hall–Kier alpha value is -1.32. The summed E-state index contributed by atoms with van der Waals surface area (Å²) in [7, 11) is 0. The number of fused-ring (bicyclic) bond motifs is 1. The van der Waals surface area contributed by atoms with Gasteiger partial charge in [-0.15, -0.1) is 0 Å². The van der Waals surface area contributed by atoms with Gasteiger partial charge in [0.15, 0.2) is 0 Å². The van der Waals surface area contributed by atoms with E-state index in [4.69, 9.17) is 4.79 Å². The van der Waals surface area contributed by atoms with E-state index in [2.05, 4.69) is 33.7 Å². The van der Waals surface area contributed by atoms with E-state index in [1.165, 1.54) is 5.56 Å². The molecule has 0 unspecified atom stereocenters. The highest BCUT2D eigenvalue weighted by Crippen LogP contribution is 2.17. The average molecular weight is 243 g/mol. The van der Waals surface area contributed by atoms with Crippen molar-refractivity contribution in [3.8, 4) is 0 Å². The van der Waals surface area contributed by atoms with Crippen molar-refractivity contribution >= 4 is 45.9 Å². The van der Waals surface area contributed by atoms with Crippen LogP contribution in [-0.2, 0) is 0 Å². The summed E-state index contributed by atoms with van der Waals surface area (Å²) in [5.74, 6) is 0. The van der Waals surface area contributed by atoms with Gasteiger partial charge in [-0.1, -0.05) is 24.3 Å². The van der Waals surface area contributed by atoms with Crippen molar-refractivity contribution in [1.29, 1.82) is 0 Å². The summed E-state index contributed by atoms with van der Waals surface area (Å²) in [6.45, 7) is 0. The molecule has 1 aliphatic rings. The van der Waals surface area contributed by atoms with Gasteiger partial charge in [0.25, 0.3) is 0 Å². The first-order valence-corrected chi connectivity index (χ1v) is 4.85. The maximum atomic E-state index is 8.98. The van der Waals surface area contributed by atoms with E-state index in [-0.39, 0.29) is 0 Å². The van der Waals surface area contributed by atoms with Crippen LogP contribution in [0, 0.1) is 0 Å². The molecule has 0 spiro atoms. The van der Waals surface area contributed by atoms with E-state index < -0.39 is 4.70 Å². The van der Waals surface area contributed by atoms with Crippen LogP contribution < -0.4 is 5.43 Å². The molecule has 2 rings (SSSR count). The molecule has 1 aromatic carbocycles. The van der Waals surface area contributed by atoms with Crippen molar-refractivity contribution in [2.24, 2.45) is 5.10 Å². The van der Waals surface area contributed by atoms with Crippen LogP contribution >= 0.6 is 23.2 Å². The highest BCUT2D eigenvalue weighted by atomic mass is 35.5. The molecule has 15 heavy (non-hydrogen) atoms. The Morgan fingerprint density at radius 3 is 2.67 bits per heavy atom. The van der Waals surface area contributed by atoms with Gasteiger partial charge in [-0.2, -0.15) is 5.10 Å². The van der Waals surface area contributed by atoms with Crippen molar-refractivity contribution in [3.05, 3.63) is 35.9 Å². The van der Waals surface area contributed by atoms with Gasteiger partial charge in [0, 0.05) is 6.21 Å². The van der Waals surface area contributed by atoms with E-state index in [0.717, 1.165) is 5.69 Å². The molecule has 5 heteroatoms. The van der Waals surface area contributed by atoms with E-state index in [1.54, 1.807) is 6.21 Å². The molecule has 0 fully saturated rings. The first-order chi connectivity index (χ1) is 7.20. The second kappa shape index (κ2) is 6.22. The summed E-state index contributed by atoms with van der Waals surface area (Å²) in [5.41, 5.74) is 5.16. The normalized spacial score (nSPS) is 11.6. The minimum Gasteiger partial charge on any atom is -0.278 e. The lowest BCUT2D eigenvalue weighted by Gasteiger charge is -2.00. The zero-order valence-electron chi connectivity index (χ0n) is 7.65. The first-order valence-electron chi connectivity index (χ1n) is 4.10. The number of hydrazone groups is 1. The van der Waals surface area contributed by atoms with Crippen LogP contribution in [0.5, 0.6) is 0 Å². The van der Waals surface area contributed by atoms with Gasteiger partial charge in [0.05, 0.1) is 5.69 Å². The van der Waals surface area contributed by atoms with Crippen molar-refractivity contribution < 1.29 is 4.79 Å². The minimum atomic E-state index is -0.889. The van der Waals surface area contributed by atoms with Crippen LogP contribution in [0.2, 0.25) is 0 Å². The summed E-state index contributed by atoms with van der Waals surface area (Å²) < 4.78 is -0.889. The number of benzene rings is 1. The van der Waals surface area contributed by atoms with Gasteiger partial charge in [0.1, 0.15) is 0 Å². The highest BCUT2D eigenvalue weighted by Gasteiger charge is 1.96. The molecule has 0 amide bonds. The predicted molar refractivity (Wildman–Crippen MR) is 64.7 cm³/mol. The van der Waals surface area contributed by atoms with Crippen LogP contribution in [0.3, 0.4) is 0 Å². The topological polar surface area (TPSA) is 41.5 Å². The lowest BCUT2D eigenvalue weighted by atomic mass is 10.2. The number of hydrogen-bond acceptors (Lipinski definition) is 3. The maximum Gasteiger partial charge on any atom is 0.313 e. The second-order valence-corrected chi connectivity index (χ2v) is 3.44. The summed E-state index contributed by atoms with van der Waals surface area (Å²) >= 11 is 8.80. The minimum absolute atomic E-state index is 0.889. The predicted octanol–water partition coefficient (Wildman–Crippen LogP) is 3.70. The van der Waals surface area contributed by atoms with Gasteiger partial charge in [-0.3, -0.25) is 10.2 Å². The summed E-state index contributed by atoms with van der Waals surface area (Å²) in [6, 6.07) is 8.05. The number of halogens is 2. The number of rotatable bonds is 0. The van der Waals surface area contributed by atoms with Gasteiger partial charge in [-0.25, -0.2) is 0 Å². The molecule has 0 radical (unpaired) electrons. The van der Waals surface area contributed by atoms with Crippen LogP contribution in [-0.4, -0.2) is 10.9 Å². The van der Waals surface area contributed by atoms with Gasteiger partial charge in [0.2, 0.25) is 0 Å². The Kier molecular flexibility index (Phi) is 4.87. The molecule has 0 saturated carbocycles. The average Bonchev–Trinajstić information content (AvgIpc) is 2.41. The van der Waals surface area contributed by atoms with Gasteiger partial charge >= 0.3 is 4.70 Å². The Morgan fingerprint density at radius 1 is 1.27 bits per heavy atom. The first kappa shape index (κ1) is 11.8. The zero-order valence-corrected chi connectivity index (χ0v) is 9.16. The molecule has 0 atom stereocenters. The fourth-order valence-corrected chi connectivity index (χ4v) is 1.04. The number of carbonyl (C=O) groups is 1. The van der Waals surface area contributed by atoms with Crippen LogP contribution in [0.4, 0.5) is 10.5 Å². The third-order valence-corrected chi connectivity index (χ3v) is 1.58. The molecular weight excluding hydrogens is 235 g/mol. The Bertz CT molecular complexity index is 398. The summed E-state index contributed by atoms with van der Waals surface area (Å²) in [5, 5.41) is 3.95. The van der Waals surface area contributed by atoms with Crippen molar-refractivity contribution in [3.63, 3.8) is 0 Å². The fraction of sp³-hybridized carbons (Fsp3) is 0. The molecule has 1 N–H and O–H groups in total. The lowest BCUT2D eigenvalue weighted by Crippen LogP contribution is -1.87.